The summed E-state index contributed by atoms with van der Waals surface area (Å²) in [6.45, 7) is 2.61. The van der Waals surface area contributed by atoms with Gasteiger partial charge in [-0.25, -0.2) is 4.98 Å². The fourth-order valence-corrected chi connectivity index (χ4v) is 2.40. The van der Waals surface area contributed by atoms with Crippen LogP contribution in [0.4, 0.5) is 5.82 Å². The summed E-state index contributed by atoms with van der Waals surface area (Å²) >= 11 is 0. The molecule has 1 fully saturated rings. The maximum Gasteiger partial charge on any atom is 0.219 e. The van der Waals surface area contributed by atoms with E-state index in [1.807, 2.05) is 0 Å². The molecule has 0 spiro atoms. The van der Waals surface area contributed by atoms with Gasteiger partial charge in [0.25, 0.3) is 0 Å². The molecule has 2 rings (SSSR count). The number of ether oxygens (including phenoxy) is 2. The largest absolute Gasteiger partial charge is 0.474 e. The standard InChI is InChI=1S/C13H21N3O2/c1-9-4-3-5-10(6-9)18-13-7-11(14)15-12(16-13)8-17-2/h7,9-10H,3-6,8H2,1-2H3,(H2,14,15,16). The molecule has 1 aliphatic carbocycles. The van der Waals surface area contributed by atoms with Crippen molar-refractivity contribution >= 4 is 5.82 Å². The summed E-state index contributed by atoms with van der Waals surface area (Å²) in [6, 6.07) is 1.68. The molecule has 1 aromatic rings. The number of nitrogen functional groups attached to an aromatic ring is 1. The first-order chi connectivity index (χ1) is 8.67. The van der Waals surface area contributed by atoms with Crippen LogP contribution in [0, 0.1) is 5.92 Å². The summed E-state index contributed by atoms with van der Waals surface area (Å²) in [5.41, 5.74) is 5.74. The first kappa shape index (κ1) is 13.1. The normalized spacial score (nSPS) is 23.9. The highest BCUT2D eigenvalue weighted by Crippen LogP contribution is 2.27. The highest BCUT2D eigenvalue weighted by Gasteiger charge is 2.21. The van der Waals surface area contributed by atoms with Crippen LogP contribution in [0.25, 0.3) is 0 Å². The van der Waals surface area contributed by atoms with Crippen molar-refractivity contribution in [2.45, 2.75) is 45.3 Å². The molecule has 2 N–H and O–H groups in total. The smallest absolute Gasteiger partial charge is 0.219 e. The van der Waals surface area contributed by atoms with Gasteiger partial charge in [0.15, 0.2) is 5.82 Å². The molecular weight excluding hydrogens is 230 g/mol. The van der Waals surface area contributed by atoms with Crippen LogP contribution < -0.4 is 10.5 Å². The molecule has 0 aliphatic heterocycles. The fourth-order valence-electron chi connectivity index (χ4n) is 2.40. The average Bonchev–Trinajstić information content (AvgIpc) is 2.28. The van der Waals surface area contributed by atoms with Gasteiger partial charge in [-0.2, -0.15) is 4.98 Å². The van der Waals surface area contributed by atoms with Crippen LogP contribution >= 0.6 is 0 Å². The van der Waals surface area contributed by atoms with Gasteiger partial charge >= 0.3 is 0 Å². The third-order valence-corrected chi connectivity index (χ3v) is 3.22. The predicted octanol–water partition coefficient (Wildman–Crippen LogP) is 2.16. The Morgan fingerprint density at radius 1 is 1.39 bits per heavy atom. The van der Waals surface area contributed by atoms with Gasteiger partial charge in [0, 0.05) is 13.2 Å². The summed E-state index contributed by atoms with van der Waals surface area (Å²) in [5.74, 6) is 2.28. The molecule has 0 amide bonds. The minimum Gasteiger partial charge on any atom is -0.474 e. The van der Waals surface area contributed by atoms with Gasteiger partial charge in [-0.15, -0.1) is 0 Å². The van der Waals surface area contributed by atoms with Crippen molar-refractivity contribution in [3.8, 4) is 5.88 Å². The molecule has 1 heterocycles. The minimum atomic E-state index is 0.249. The van der Waals surface area contributed by atoms with Crippen molar-refractivity contribution in [3.05, 3.63) is 11.9 Å². The van der Waals surface area contributed by atoms with Gasteiger partial charge < -0.3 is 15.2 Å². The van der Waals surface area contributed by atoms with Crippen molar-refractivity contribution in [1.29, 1.82) is 0 Å². The van der Waals surface area contributed by atoms with Crippen LogP contribution in [-0.4, -0.2) is 23.2 Å². The number of nitrogens with two attached hydrogens (primary N) is 1. The number of hydrogen-bond acceptors (Lipinski definition) is 5. The number of aromatic nitrogens is 2. The second-order valence-corrected chi connectivity index (χ2v) is 4.99. The maximum absolute atomic E-state index is 5.91. The molecular formula is C13H21N3O2. The summed E-state index contributed by atoms with van der Waals surface area (Å²) < 4.78 is 10.9. The molecule has 1 saturated carbocycles. The Kier molecular flexibility index (Phi) is 4.36. The zero-order chi connectivity index (χ0) is 13.0. The van der Waals surface area contributed by atoms with E-state index in [4.69, 9.17) is 15.2 Å². The van der Waals surface area contributed by atoms with E-state index in [0.29, 0.717) is 24.1 Å². The first-order valence-electron chi connectivity index (χ1n) is 6.46. The van der Waals surface area contributed by atoms with E-state index in [0.717, 1.165) is 18.8 Å². The van der Waals surface area contributed by atoms with E-state index < -0.39 is 0 Å². The van der Waals surface area contributed by atoms with Gasteiger partial charge in [0.1, 0.15) is 18.5 Å². The zero-order valence-electron chi connectivity index (χ0n) is 11.1. The van der Waals surface area contributed by atoms with E-state index in [9.17, 15) is 0 Å². The number of rotatable bonds is 4. The minimum absolute atomic E-state index is 0.249. The Morgan fingerprint density at radius 2 is 2.22 bits per heavy atom. The van der Waals surface area contributed by atoms with Crippen molar-refractivity contribution in [1.82, 2.24) is 9.97 Å². The number of hydrogen-bond donors (Lipinski definition) is 1. The lowest BCUT2D eigenvalue weighted by atomic mass is 9.89. The number of nitrogens with zero attached hydrogens (tertiary/aromatic N) is 2. The van der Waals surface area contributed by atoms with Crippen LogP contribution in [0.2, 0.25) is 0 Å². The summed E-state index contributed by atoms with van der Waals surface area (Å²) in [6.07, 6.45) is 4.94. The summed E-state index contributed by atoms with van der Waals surface area (Å²) in [4.78, 5) is 8.40. The molecule has 5 heteroatoms. The maximum atomic E-state index is 5.91. The predicted molar refractivity (Wildman–Crippen MR) is 69.2 cm³/mol. The fraction of sp³-hybridized carbons (Fsp3) is 0.692. The van der Waals surface area contributed by atoms with Crippen molar-refractivity contribution in [2.24, 2.45) is 5.92 Å². The van der Waals surface area contributed by atoms with Gasteiger partial charge in [-0.1, -0.05) is 13.3 Å². The highest BCUT2D eigenvalue weighted by molar-refractivity contribution is 5.32. The highest BCUT2D eigenvalue weighted by atomic mass is 16.5. The number of anilines is 1. The van der Waals surface area contributed by atoms with Gasteiger partial charge in [-0.3, -0.25) is 0 Å². The zero-order valence-corrected chi connectivity index (χ0v) is 11.1. The van der Waals surface area contributed by atoms with Crippen molar-refractivity contribution in [3.63, 3.8) is 0 Å². The van der Waals surface area contributed by atoms with Crippen molar-refractivity contribution in [2.75, 3.05) is 12.8 Å². The van der Waals surface area contributed by atoms with Crippen LogP contribution in [0.3, 0.4) is 0 Å². The van der Waals surface area contributed by atoms with Gasteiger partial charge in [0.05, 0.1) is 0 Å². The Bertz CT molecular complexity index is 398. The molecule has 18 heavy (non-hydrogen) atoms. The van der Waals surface area contributed by atoms with Crippen LogP contribution in [-0.2, 0) is 11.3 Å². The van der Waals surface area contributed by atoms with Crippen molar-refractivity contribution < 1.29 is 9.47 Å². The molecule has 0 aromatic carbocycles. The average molecular weight is 251 g/mol. The Hall–Kier alpha value is -1.36. The van der Waals surface area contributed by atoms with E-state index in [-0.39, 0.29) is 6.10 Å². The lowest BCUT2D eigenvalue weighted by molar-refractivity contribution is 0.121. The number of methoxy groups -OCH3 is 1. The van der Waals surface area contributed by atoms with Crippen LogP contribution in [0.5, 0.6) is 5.88 Å². The lowest BCUT2D eigenvalue weighted by Crippen LogP contribution is -2.24. The van der Waals surface area contributed by atoms with Gasteiger partial charge in [-0.05, 0) is 25.2 Å². The SMILES string of the molecule is COCc1nc(N)cc(OC2CCCC(C)C2)n1. The summed E-state index contributed by atoms with van der Waals surface area (Å²) in [7, 11) is 1.61. The summed E-state index contributed by atoms with van der Waals surface area (Å²) in [5, 5.41) is 0. The molecule has 0 bridgehead atoms. The molecule has 5 nitrogen and oxygen atoms in total. The van der Waals surface area contributed by atoms with Crippen LogP contribution in [0.1, 0.15) is 38.4 Å². The Morgan fingerprint density at radius 3 is 2.94 bits per heavy atom. The van der Waals surface area contributed by atoms with E-state index >= 15 is 0 Å². The molecule has 2 unspecified atom stereocenters. The molecule has 2 atom stereocenters. The molecule has 1 aliphatic rings. The first-order valence-corrected chi connectivity index (χ1v) is 6.46. The monoisotopic (exact) mass is 251 g/mol. The van der Waals surface area contributed by atoms with E-state index in [1.54, 1.807) is 13.2 Å². The molecule has 0 saturated heterocycles. The topological polar surface area (TPSA) is 70.3 Å². The molecule has 0 radical (unpaired) electrons. The third kappa shape index (κ3) is 3.57. The lowest BCUT2D eigenvalue weighted by Gasteiger charge is -2.27. The Labute approximate surface area is 108 Å². The van der Waals surface area contributed by atoms with E-state index in [1.165, 1.54) is 12.8 Å². The molecule has 1 aromatic heterocycles. The Balaban J connectivity index is 2.03. The second kappa shape index (κ2) is 6.00. The quantitative estimate of drug-likeness (QED) is 0.888. The van der Waals surface area contributed by atoms with Gasteiger partial charge in [0.2, 0.25) is 5.88 Å². The van der Waals surface area contributed by atoms with E-state index in [2.05, 4.69) is 16.9 Å². The molecule has 100 valence electrons. The van der Waals surface area contributed by atoms with Crippen LogP contribution in [0.15, 0.2) is 6.07 Å². The second-order valence-electron chi connectivity index (χ2n) is 4.99. The third-order valence-electron chi connectivity index (χ3n) is 3.22.